The maximum absolute atomic E-state index is 2.84. The Morgan fingerprint density at radius 2 is 0.433 bits per heavy atom. The van der Waals surface area contributed by atoms with Crippen molar-refractivity contribution in [2.45, 2.75) is 200 Å². The lowest BCUT2D eigenvalue weighted by molar-refractivity contribution is 1.06. The van der Waals surface area contributed by atoms with E-state index >= 15 is 0 Å². The zero-order chi connectivity index (χ0) is 63.2. The van der Waals surface area contributed by atoms with Gasteiger partial charge in [-0.3, -0.25) is 0 Å². The van der Waals surface area contributed by atoms with E-state index in [9.17, 15) is 0 Å². The molecule has 0 saturated carbocycles. The molecule has 0 bridgehead atoms. The molecule has 12 heteroatoms. The first-order valence-corrected chi connectivity index (χ1v) is 40.8. The van der Waals surface area contributed by atoms with Gasteiger partial charge in [0.05, 0.1) is 68.2 Å². The SMILES string of the molecule is CCc1cscc1N(c1c(CC)csc1CC)c1cc(N(c2c(CC)csc2CC)c2c(CC)csc2CC)c2ccc3c(N(c4c(CC)csc4CC)c4c(CC)csc4CC)cc(N(c4c(CC)csc4CC)c4c(CC)csc4CC)c4ccc1c2c43. The van der Waals surface area contributed by atoms with E-state index in [0.29, 0.717) is 0 Å². The first-order valence-electron chi connectivity index (χ1n) is 33.7. The summed E-state index contributed by atoms with van der Waals surface area (Å²) >= 11 is 15.6. The van der Waals surface area contributed by atoms with Gasteiger partial charge >= 0.3 is 0 Å². The minimum Gasteiger partial charge on any atom is -0.307 e. The van der Waals surface area contributed by atoms with E-state index in [-0.39, 0.29) is 0 Å². The quantitative estimate of drug-likeness (QED) is 0.0476. The molecule has 4 aromatic carbocycles. The monoisotopic (exact) mass is 1340 g/mol. The number of nitrogens with zero attached hydrogens (tertiary/aromatic N) is 4. The summed E-state index contributed by atoms with van der Waals surface area (Å²) in [5.74, 6) is 0. The molecule has 0 aliphatic carbocycles. The van der Waals surface area contributed by atoms with Gasteiger partial charge in [-0.2, -0.15) is 0 Å². The van der Waals surface area contributed by atoms with Crippen molar-refractivity contribution in [1.29, 1.82) is 0 Å². The summed E-state index contributed by atoms with van der Waals surface area (Å²) in [6, 6.07) is 15.7. The second-order valence-corrected chi connectivity index (χ2v) is 31.1. The number of benzene rings is 4. The number of rotatable bonds is 27. The van der Waals surface area contributed by atoms with Crippen LogP contribution < -0.4 is 19.6 Å². The molecule has 0 atom stereocenters. The van der Waals surface area contributed by atoms with E-state index in [1.807, 2.05) is 90.7 Å². The van der Waals surface area contributed by atoms with Crippen molar-refractivity contribution in [1.82, 2.24) is 0 Å². The number of aryl methyl sites for hydroxylation is 15. The predicted molar refractivity (Wildman–Crippen MR) is 413 cm³/mol. The molecule has 0 amide bonds. The fourth-order valence-corrected chi connectivity index (χ4v) is 22.6. The van der Waals surface area contributed by atoms with Gasteiger partial charge in [0.25, 0.3) is 0 Å². The summed E-state index contributed by atoms with van der Waals surface area (Å²) in [7, 11) is 0. The van der Waals surface area contributed by atoms with Gasteiger partial charge in [-0.15, -0.1) is 90.7 Å². The van der Waals surface area contributed by atoms with Gasteiger partial charge < -0.3 is 19.6 Å². The molecular formula is C78H90N4S8. The highest BCUT2D eigenvalue weighted by molar-refractivity contribution is 7.13. The molecule has 0 N–H and O–H groups in total. The number of thiophene rings is 8. The second kappa shape index (κ2) is 27.7. The maximum Gasteiger partial charge on any atom is 0.0633 e. The van der Waals surface area contributed by atoms with Crippen molar-refractivity contribution in [3.05, 3.63) is 163 Å². The van der Waals surface area contributed by atoms with E-state index in [4.69, 9.17) is 0 Å². The molecule has 0 aliphatic heterocycles. The standard InChI is InChI=1S/C78H90N4S8/c1-16-46-37-83-45-62(46)79(72-47(17-2)38-84-63(72)24-9)58-35-59(80(73-48(18-3)39-85-64(73)25-10)74-49(19-4)40-86-65(74)26-11)55-33-34-57-61(82(77-52(22-7)43-89-68(77)29-14)78-53(23-8)44-90-69(78)30-15)36-60(56-32-31-54(58)70(55)71(56)57)81(75-50(20-5)41-87-66(75)27-12)76-51(21-6)42-88-67(76)28-13/h31-45H,16-30H2,1-15H3. The summed E-state index contributed by atoms with van der Waals surface area (Å²) in [4.78, 5) is 21.4. The lowest BCUT2D eigenvalue weighted by atomic mass is 9.88. The van der Waals surface area contributed by atoms with Crippen LogP contribution in [0.5, 0.6) is 0 Å². The second-order valence-electron chi connectivity index (χ2n) is 23.6. The van der Waals surface area contributed by atoms with Crippen LogP contribution >= 0.6 is 90.7 Å². The average molecular weight is 1340 g/mol. The normalized spacial score (nSPS) is 11.9. The molecule has 0 spiro atoms. The van der Waals surface area contributed by atoms with Crippen molar-refractivity contribution in [2.24, 2.45) is 0 Å². The first kappa shape index (κ1) is 64.8. The number of hydrogen-bond donors (Lipinski definition) is 0. The molecule has 0 saturated heterocycles. The van der Waals surface area contributed by atoms with Gasteiger partial charge in [-0.25, -0.2) is 0 Å². The molecule has 0 fully saturated rings. The van der Waals surface area contributed by atoms with Gasteiger partial charge in [0.2, 0.25) is 0 Å². The molecule has 90 heavy (non-hydrogen) atoms. The van der Waals surface area contributed by atoms with Crippen LogP contribution in [0.25, 0.3) is 32.3 Å². The van der Waals surface area contributed by atoms with Crippen LogP contribution in [0.15, 0.2) is 84.8 Å². The highest BCUT2D eigenvalue weighted by atomic mass is 32.1. The van der Waals surface area contributed by atoms with Crippen molar-refractivity contribution in [3.8, 4) is 0 Å². The molecule has 8 aromatic heterocycles. The van der Waals surface area contributed by atoms with E-state index in [2.05, 4.69) is 208 Å². The van der Waals surface area contributed by atoms with Crippen molar-refractivity contribution < 1.29 is 0 Å². The topological polar surface area (TPSA) is 13.0 Å². The Morgan fingerprint density at radius 1 is 0.222 bits per heavy atom. The van der Waals surface area contributed by atoms with E-state index in [0.717, 1.165) is 96.3 Å². The smallest absolute Gasteiger partial charge is 0.0633 e. The third kappa shape index (κ3) is 10.7. The molecule has 8 heterocycles. The van der Waals surface area contributed by atoms with Crippen molar-refractivity contribution in [2.75, 3.05) is 19.6 Å². The summed E-state index contributed by atoms with van der Waals surface area (Å²) < 4.78 is 0. The number of hydrogen-bond acceptors (Lipinski definition) is 12. The van der Waals surface area contributed by atoms with Crippen LogP contribution in [0.1, 0.15) is 183 Å². The fraction of sp³-hybridized carbons (Fsp3) is 0.385. The lowest BCUT2D eigenvalue weighted by Crippen LogP contribution is -2.19. The average Bonchev–Trinajstić information content (AvgIpc) is 0.714. The van der Waals surface area contributed by atoms with Crippen LogP contribution in [0.3, 0.4) is 0 Å². The molecule has 12 aromatic rings. The van der Waals surface area contributed by atoms with E-state index in [1.54, 1.807) is 0 Å². The lowest BCUT2D eigenvalue weighted by Gasteiger charge is -2.36. The first-order chi connectivity index (χ1) is 44.0. The fourth-order valence-electron chi connectivity index (χ4n) is 14.3. The largest absolute Gasteiger partial charge is 0.307 e. The van der Waals surface area contributed by atoms with E-state index in [1.165, 1.54) is 179 Å². The number of anilines is 12. The Hall–Kier alpha value is -5.28. The third-order valence-electron chi connectivity index (χ3n) is 19.0. The molecule has 0 unspecified atom stereocenters. The third-order valence-corrected chi connectivity index (χ3v) is 27.9. The van der Waals surface area contributed by atoms with Gasteiger partial charge in [0, 0.05) is 71.8 Å². The molecule has 0 radical (unpaired) electrons. The van der Waals surface area contributed by atoms with Crippen LogP contribution in [0, 0.1) is 0 Å². The molecule has 470 valence electrons. The summed E-state index contributed by atoms with van der Waals surface area (Å²) in [6.45, 7) is 35.6. The Kier molecular flexibility index (Phi) is 20.0. The summed E-state index contributed by atoms with van der Waals surface area (Å²) in [5.41, 5.74) is 27.3. The minimum atomic E-state index is 0.948. The molecule has 0 aliphatic rings. The Morgan fingerprint density at radius 3 is 0.644 bits per heavy atom. The predicted octanol–water partition coefficient (Wildman–Crippen LogP) is 27.4. The maximum atomic E-state index is 2.84. The zero-order valence-corrected chi connectivity index (χ0v) is 62.4. The zero-order valence-electron chi connectivity index (χ0n) is 55.8. The van der Waals surface area contributed by atoms with Gasteiger partial charge in [-0.05, 0) is 196 Å². The Balaban J connectivity index is 1.39. The van der Waals surface area contributed by atoms with Crippen LogP contribution in [0.4, 0.5) is 68.2 Å². The van der Waals surface area contributed by atoms with Gasteiger partial charge in [0.1, 0.15) is 0 Å². The van der Waals surface area contributed by atoms with E-state index < -0.39 is 0 Å². The molecule has 12 rings (SSSR count). The van der Waals surface area contributed by atoms with Gasteiger partial charge in [0.15, 0.2) is 0 Å². The Labute approximate surface area is 569 Å². The molecule has 4 nitrogen and oxygen atoms in total. The highest BCUT2D eigenvalue weighted by Crippen LogP contribution is 2.60. The summed E-state index contributed by atoms with van der Waals surface area (Å²) in [6.07, 6.45) is 14.4. The van der Waals surface area contributed by atoms with Crippen LogP contribution in [0.2, 0.25) is 0 Å². The van der Waals surface area contributed by atoms with Crippen molar-refractivity contribution >= 4 is 191 Å². The summed E-state index contributed by atoms with van der Waals surface area (Å²) in [5, 5.41) is 30.2. The molecular weight excluding hydrogens is 1250 g/mol. The highest BCUT2D eigenvalue weighted by Gasteiger charge is 2.36. The van der Waals surface area contributed by atoms with Crippen molar-refractivity contribution in [3.63, 3.8) is 0 Å². The minimum absolute atomic E-state index is 0.948. The van der Waals surface area contributed by atoms with Crippen LogP contribution in [-0.2, 0) is 96.3 Å². The Bertz CT molecular complexity index is 4050. The van der Waals surface area contributed by atoms with Crippen LogP contribution in [-0.4, -0.2) is 0 Å². The van der Waals surface area contributed by atoms with Gasteiger partial charge in [-0.1, -0.05) is 128 Å².